The number of benzene rings is 1. The van der Waals surface area contributed by atoms with Crippen molar-refractivity contribution in [2.75, 3.05) is 6.54 Å². The van der Waals surface area contributed by atoms with Crippen LogP contribution in [0.2, 0.25) is 10.0 Å². The van der Waals surface area contributed by atoms with E-state index < -0.39 is 0 Å². The Hall–Kier alpha value is -0.240. The van der Waals surface area contributed by atoms with E-state index in [1.54, 1.807) is 0 Å². The standard InChI is InChI=1S/C17H25Cl2N/c1-3-8-16(9-4-2)10-17(11-16,12-20)15-13(18)6-5-7-14(15)19/h5-7H,3-4,8-12,20H2,1-2H3. The number of rotatable bonds is 6. The molecule has 1 aliphatic carbocycles. The molecule has 0 bridgehead atoms. The summed E-state index contributed by atoms with van der Waals surface area (Å²) in [6.45, 7) is 5.16. The molecule has 3 heteroatoms. The fourth-order valence-electron chi connectivity index (χ4n) is 4.35. The van der Waals surface area contributed by atoms with Gasteiger partial charge in [0.05, 0.1) is 0 Å². The van der Waals surface area contributed by atoms with Crippen LogP contribution in [0.3, 0.4) is 0 Å². The monoisotopic (exact) mass is 313 g/mol. The van der Waals surface area contributed by atoms with Gasteiger partial charge < -0.3 is 5.73 Å². The van der Waals surface area contributed by atoms with E-state index in [1.807, 2.05) is 18.2 Å². The molecule has 112 valence electrons. The van der Waals surface area contributed by atoms with Crippen LogP contribution in [0.25, 0.3) is 0 Å². The van der Waals surface area contributed by atoms with E-state index >= 15 is 0 Å². The second-order valence-electron chi connectivity index (χ2n) is 6.43. The van der Waals surface area contributed by atoms with Crippen LogP contribution in [-0.4, -0.2) is 6.54 Å². The quantitative estimate of drug-likeness (QED) is 0.730. The molecule has 20 heavy (non-hydrogen) atoms. The lowest BCUT2D eigenvalue weighted by Gasteiger charge is -2.57. The molecule has 0 amide bonds. The zero-order valence-electron chi connectivity index (χ0n) is 12.5. The lowest BCUT2D eigenvalue weighted by molar-refractivity contribution is 0.00796. The van der Waals surface area contributed by atoms with Crippen LogP contribution >= 0.6 is 23.2 Å². The third-order valence-corrected chi connectivity index (χ3v) is 5.50. The van der Waals surface area contributed by atoms with Crippen molar-refractivity contribution < 1.29 is 0 Å². The van der Waals surface area contributed by atoms with Crippen LogP contribution in [0.1, 0.15) is 57.9 Å². The Morgan fingerprint density at radius 2 is 1.55 bits per heavy atom. The van der Waals surface area contributed by atoms with Crippen molar-refractivity contribution in [2.24, 2.45) is 11.1 Å². The van der Waals surface area contributed by atoms with Gasteiger partial charge in [-0.25, -0.2) is 0 Å². The molecule has 0 aliphatic heterocycles. The highest BCUT2D eigenvalue weighted by molar-refractivity contribution is 6.36. The van der Waals surface area contributed by atoms with E-state index in [1.165, 1.54) is 25.7 Å². The minimum atomic E-state index is -0.0141. The molecular weight excluding hydrogens is 289 g/mol. The minimum absolute atomic E-state index is 0.0141. The Bertz CT molecular complexity index is 436. The van der Waals surface area contributed by atoms with Crippen molar-refractivity contribution in [2.45, 2.75) is 57.8 Å². The molecule has 0 atom stereocenters. The van der Waals surface area contributed by atoms with Gasteiger partial charge in [0.25, 0.3) is 0 Å². The smallest absolute Gasteiger partial charge is 0.0459 e. The Kier molecular flexibility index (Phi) is 5.05. The molecule has 0 unspecified atom stereocenters. The van der Waals surface area contributed by atoms with Gasteiger partial charge in [-0.3, -0.25) is 0 Å². The second kappa shape index (κ2) is 6.25. The average Bonchev–Trinajstić information content (AvgIpc) is 2.36. The number of hydrogen-bond donors (Lipinski definition) is 1. The third kappa shape index (κ3) is 2.73. The Balaban J connectivity index is 2.31. The molecule has 1 saturated carbocycles. The molecule has 2 N–H and O–H groups in total. The second-order valence-corrected chi connectivity index (χ2v) is 7.25. The van der Waals surface area contributed by atoms with Crippen molar-refractivity contribution in [3.8, 4) is 0 Å². The molecule has 0 aromatic heterocycles. The lowest BCUT2D eigenvalue weighted by Crippen LogP contribution is -2.54. The number of hydrogen-bond acceptors (Lipinski definition) is 1. The van der Waals surface area contributed by atoms with E-state index in [0.717, 1.165) is 28.5 Å². The van der Waals surface area contributed by atoms with E-state index in [2.05, 4.69) is 13.8 Å². The molecule has 0 spiro atoms. The zero-order valence-corrected chi connectivity index (χ0v) is 14.0. The molecule has 1 fully saturated rings. The van der Waals surface area contributed by atoms with Crippen LogP contribution in [0.5, 0.6) is 0 Å². The fourth-order valence-corrected chi connectivity index (χ4v) is 5.15. The van der Waals surface area contributed by atoms with Gasteiger partial charge in [0.2, 0.25) is 0 Å². The predicted octanol–water partition coefficient (Wildman–Crippen LogP) is 5.57. The van der Waals surface area contributed by atoms with Gasteiger partial charge in [0.15, 0.2) is 0 Å². The summed E-state index contributed by atoms with van der Waals surface area (Å²) in [5, 5.41) is 1.54. The molecule has 2 rings (SSSR count). The summed E-state index contributed by atoms with van der Waals surface area (Å²) in [7, 11) is 0. The first kappa shape index (κ1) is 16.1. The largest absolute Gasteiger partial charge is 0.330 e. The normalized spacial score (nSPS) is 19.6. The summed E-state index contributed by atoms with van der Waals surface area (Å²) >= 11 is 12.8. The first-order valence-electron chi connectivity index (χ1n) is 7.67. The van der Waals surface area contributed by atoms with Crippen LogP contribution in [-0.2, 0) is 5.41 Å². The fraction of sp³-hybridized carbons (Fsp3) is 0.647. The summed E-state index contributed by atoms with van der Waals surface area (Å²) in [5.74, 6) is 0. The molecule has 1 nitrogen and oxygen atoms in total. The highest BCUT2D eigenvalue weighted by Crippen LogP contribution is 2.61. The average molecular weight is 314 g/mol. The molecule has 1 aliphatic rings. The van der Waals surface area contributed by atoms with Gasteiger partial charge in [-0.1, -0.05) is 56.0 Å². The summed E-state index contributed by atoms with van der Waals surface area (Å²) in [6, 6.07) is 5.77. The third-order valence-electron chi connectivity index (χ3n) is 4.87. The maximum atomic E-state index is 6.41. The molecule has 0 heterocycles. The molecular formula is C17H25Cl2N. The summed E-state index contributed by atoms with van der Waals surface area (Å²) in [5.41, 5.74) is 7.65. The van der Waals surface area contributed by atoms with E-state index in [0.29, 0.717) is 12.0 Å². The van der Waals surface area contributed by atoms with Crippen molar-refractivity contribution in [1.82, 2.24) is 0 Å². The SMILES string of the molecule is CCCC1(CCC)CC(CN)(c2c(Cl)cccc2Cl)C1. The predicted molar refractivity (Wildman–Crippen MR) is 88.7 cm³/mol. The Morgan fingerprint density at radius 1 is 1.05 bits per heavy atom. The molecule has 0 saturated heterocycles. The van der Waals surface area contributed by atoms with Crippen molar-refractivity contribution in [3.63, 3.8) is 0 Å². The number of nitrogens with two attached hydrogens (primary N) is 1. The summed E-state index contributed by atoms with van der Waals surface area (Å²) < 4.78 is 0. The van der Waals surface area contributed by atoms with Gasteiger partial charge >= 0.3 is 0 Å². The van der Waals surface area contributed by atoms with Crippen molar-refractivity contribution in [3.05, 3.63) is 33.8 Å². The molecule has 1 aromatic carbocycles. The molecule has 1 aromatic rings. The van der Waals surface area contributed by atoms with Crippen LogP contribution < -0.4 is 5.73 Å². The maximum absolute atomic E-state index is 6.41. The van der Waals surface area contributed by atoms with Gasteiger partial charge in [-0.05, 0) is 48.8 Å². The highest BCUT2D eigenvalue weighted by atomic mass is 35.5. The lowest BCUT2D eigenvalue weighted by atomic mass is 9.48. The van der Waals surface area contributed by atoms with Gasteiger partial charge in [-0.2, -0.15) is 0 Å². The highest BCUT2D eigenvalue weighted by Gasteiger charge is 2.54. The van der Waals surface area contributed by atoms with Crippen molar-refractivity contribution in [1.29, 1.82) is 0 Å². The maximum Gasteiger partial charge on any atom is 0.0459 e. The zero-order chi connectivity index (χ0) is 14.8. The van der Waals surface area contributed by atoms with E-state index in [9.17, 15) is 0 Å². The van der Waals surface area contributed by atoms with Crippen LogP contribution in [0.4, 0.5) is 0 Å². The number of halogens is 2. The summed E-state index contributed by atoms with van der Waals surface area (Å²) in [4.78, 5) is 0. The van der Waals surface area contributed by atoms with Crippen molar-refractivity contribution >= 4 is 23.2 Å². The topological polar surface area (TPSA) is 26.0 Å². The first-order valence-corrected chi connectivity index (χ1v) is 8.43. The van der Waals surface area contributed by atoms with Gasteiger partial charge in [0.1, 0.15) is 0 Å². The van der Waals surface area contributed by atoms with E-state index in [-0.39, 0.29) is 5.41 Å². The minimum Gasteiger partial charge on any atom is -0.330 e. The van der Waals surface area contributed by atoms with Crippen LogP contribution in [0.15, 0.2) is 18.2 Å². The van der Waals surface area contributed by atoms with Gasteiger partial charge in [0, 0.05) is 22.0 Å². The van der Waals surface area contributed by atoms with E-state index in [4.69, 9.17) is 28.9 Å². The molecule has 0 radical (unpaired) electrons. The summed E-state index contributed by atoms with van der Waals surface area (Å²) in [6.07, 6.45) is 7.28. The first-order chi connectivity index (χ1) is 9.52. The van der Waals surface area contributed by atoms with Gasteiger partial charge in [-0.15, -0.1) is 0 Å². The Labute approximate surface area is 132 Å². The Morgan fingerprint density at radius 3 is 1.95 bits per heavy atom. The van der Waals surface area contributed by atoms with Crippen LogP contribution in [0, 0.1) is 5.41 Å².